The number of nitrogens with one attached hydrogen (secondary N) is 2. The van der Waals surface area contributed by atoms with E-state index in [0.29, 0.717) is 17.8 Å². The average Bonchev–Trinajstić information content (AvgIpc) is 1.87. The number of allylic oxidation sites excluding steroid dienone is 2. The van der Waals surface area contributed by atoms with Crippen LogP contribution in [0.2, 0.25) is 0 Å². The lowest BCUT2D eigenvalue weighted by molar-refractivity contribution is 1.26. The second-order valence-corrected chi connectivity index (χ2v) is 1.75. The van der Waals surface area contributed by atoms with Gasteiger partial charge in [-0.05, 0) is 19.4 Å². The molecule has 0 fully saturated rings. The highest BCUT2D eigenvalue weighted by molar-refractivity contribution is 6.44. The van der Waals surface area contributed by atoms with Gasteiger partial charge in [-0.1, -0.05) is 13.0 Å². The summed E-state index contributed by atoms with van der Waals surface area (Å²) in [4.78, 5) is 0. The fourth-order valence-electron chi connectivity index (χ4n) is 0.458. The van der Waals surface area contributed by atoms with Crippen molar-refractivity contribution in [3.63, 3.8) is 0 Å². The standard InChI is InChI=1S/C7H12N2/c1-3-5-7(9)6(8)4-2/h3,5,8-9H,4H2,1-2H3/b5-3-,8-6?,9-7?. The van der Waals surface area contributed by atoms with Gasteiger partial charge in [-0.2, -0.15) is 0 Å². The third-order valence-electron chi connectivity index (χ3n) is 1.01. The van der Waals surface area contributed by atoms with E-state index in [2.05, 4.69) is 0 Å². The van der Waals surface area contributed by atoms with Crippen LogP contribution < -0.4 is 0 Å². The Morgan fingerprint density at radius 1 is 1.44 bits per heavy atom. The lowest BCUT2D eigenvalue weighted by Gasteiger charge is -1.93. The number of hydrogen-bond donors (Lipinski definition) is 2. The largest absolute Gasteiger partial charge is 0.303 e. The highest BCUT2D eigenvalue weighted by Crippen LogP contribution is 1.86. The fourth-order valence-corrected chi connectivity index (χ4v) is 0.458. The van der Waals surface area contributed by atoms with Crippen molar-refractivity contribution in [2.45, 2.75) is 20.3 Å². The van der Waals surface area contributed by atoms with E-state index >= 15 is 0 Å². The van der Waals surface area contributed by atoms with Crippen molar-refractivity contribution in [3.8, 4) is 0 Å². The van der Waals surface area contributed by atoms with Crippen molar-refractivity contribution in [1.82, 2.24) is 0 Å². The molecule has 0 saturated heterocycles. The van der Waals surface area contributed by atoms with Crippen LogP contribution in [0.1, 0.15) is 20.3 Å². The molecule has 2 N–H and O–H groups in total. The van der Waals surface area contributed by atoms with Crippen LogP contribution >= 0.6 is 0 Å². The molecule has 0 aliphatic rings. The van der Waals surface area contributed by atoms with Crippen LogP contribution in [-0.2, 0) is 0 Å². The van der Waals surface area contributed by atoms with Gasteiger partial charge >= 0.3 is 0 Å². The summed E-state index contributed by atoms with van der Waals surface area (Å²) in [6.07, 6.45) is 4.04. The normalized spacial score (nSPS) is 10.0. The highest BCUT2D eigenvalue weighted by Gasteiger charge is 1.94. The smallest absolute Gasteiger partial charge is 0.0744 e. The third kappa shape index (κ3) is 2.80. The SMILES string of the molecule is C/C=C\C(=N)C(=N)CC. The fraction of sp³-hybridized carbons (Fsp3) is 0.429. The average molecular weight is 124 g/mol. The van der Waals surface area contributed by atoms with Gasteiger partial charge in [0.25, 0.3) is 0 Å². The predicted octanol–water partition coefficient (Wildman–Crippen LogP) is 2.01. The minimum Gasteiger partial charge on any atom is -0.303 e. The zero-order chi connectivity index (χ0) is 7.28. The Hall–Kier alpha value is -0.920. The van der Waals surface area contributed by atoms with E-state index in [1.165, 1.54) is 0 Å². The number of rotatable bonds is 3. The molecule has 0 radical (unpaired) electrons. The second-order valence-electron chi connectivity index (χ2n) is 1.75. The van der Waals surface area contributed by atoms with Crippen molar-refractivity contribution >= 4 is 11.4 Å². The predicted molar refractivity (Wildman–Crippen MR) is 40.6 cm³/mol. The van der Waals surface area contributed by atoms with E-state index in [0.717, 1.165) is 0 Å². The van der Waals surface area contributed by atoms with Crippen LogP contribution in [-0.4, -0.2) is 11.4 Å². The van der Waals surface area contributed by atoms with Crippen LogP contribution in [0.25, 0.3) is 0 Å². The molecular weight excluding hydrogens is 112 g/mol. The second kappa shape index (κ2) is 4.01. The monoisotopic (exact) mass is 124 g/mol. The van der Waals surface area contributed by atoms with Gasteiger partial charge in [-0.3, -0.25) is 5.41 Å². The Kier molecular flexibility index (Phi) is 3.60. The molecule has 9 heavy (non-hydrogen) atoms. The molecule has 0 bridgehead atoms. The Balaban J connectivity index is 3.89. The molecule has 2 heteroatoms. The molecule has 0 spiro atoms. The van der Waals surface area contributed by atoms with Gasteiger partial charge in [0.2, 0.25) is 0 Å². The van der Waals surface area contributed by atoms with E-state index < -0.39 is 0 Å². The maximum atomic E-state index is 7.18. The molecule has 0 aliphatic carbocycles. The van der Waals surface area contributed by atoms with Crippen molar-refractivity contribution < 1.29 is 0 Å². The van der Waals surface area contributed by atoms with Crippen LogP contribution in [0.15, 0.2) is 12.2 Å². The quantitative estimate of drug-likeness (QED) is 0.541. The molecule has 50 valence electrons. The van der Waals surface area contributed by atoms with Gasteiger partial charge in [0, 0.05) is 0 Å². The van der Waals surface area contributed by atoms with Crippen LogP contribution in [0.3, 0.4) is 0 Å². The zero-order valence-electron chi connectivity index (χ0n) is 5.86. The van der Waals surface area contributed by atoms with Crippen molar-refractivity contribution in [2.24, 2.45) is 0 Å². The Labute approximate surface area is 55.6 Å². The van der Waals surface area contributed by atoms with Crippen LogP contribution in [0, 0.1) is 10.8 Å². The highest BCUT2D eigenvalue weighted by atomic mass is 14.5. The van der Waals surface area contributed by atoms with Crippen LogP contribution in [0.5, 0.6) is 0 Å². The first kappa shape index (κ1) is 8.08. The van der Waals surface area contributed by atoms with Crippen molar-refractivity contribution in [1.29, 1.82) is 10.8 Å². The molecule has 0 unspecified atom stereocenters. The lowest BCUT2D eigenvalue weighted by atomic mass is 10.2. The van der Waals surface area contributed by atoms with E-state index in [1.54, 1.807) is 12.2 Å². The van der Waals surface area contributed by atoms with Gasteiger partial charge in [0.15, 0.2) is 0 Å². The summed E-state index contributed by atoms with van der Waals surface area (Å²) < 4.78 is 0. The molecule has 0 amide bonds. The van der Waals surface area contributed by atoms with Gasteiger partial charge < -0.3 is 5.41 Å². The summed E-state index contributed by atoms with van der Waals surface area (Å²) in [7, 11) is 0. The van der Waals surface area contributed by atoms with E-state index in [4.69, 9.17) is 10.8 Å². The van der Waals surface area contributed by atoms with E-state index in [1.807, 2.05) is 13.8 Å². The maximum absolute atomic E-state index is 7.18. The van der Waals surface area contributed by atoms with Crippen LogP contribution in [0.4, 0.5) is 0 Å². The summed E-state index contributed by atoms with van der Waals surface area (Å²) in [5, 5.41) is 14.4. The molecule has 0 saturated carbocycles. The van der Waals surface area contributed by atoms with Gasteiger partial charge in [0.05, 0.1) is 11.4 Å². The van der Waals surface area contributed by atoms with Gasteiger partial charge in [-0.15, -0.1) is 0 Å². The first-order chi connectivity index (χ1) is 4.22. The molecular formula is C7H12N2. The lowest BCUT2D eigenvalue weighted by Crippen LogP contribution is -2.06. The molecule has 0 aliphatic heterocycles. The Morgan fingerprint density at radius 2 is 2.00 bits per heavy atom. The summed E-state index contributed by atoms with van der Waals surface area (Å²) in [6.45, 7) is 3.72. The van der Waals surface area contributed by atoms with Gasteiger partial charge in [-0.25, -0.2) is 0 Å². The molecule has 0 aromatic rings. The first-order valence-electron chi connectivity index (χ1n) is 3.01. The Morgan fingerprint density at radius 3 is 2.33 bits per heavy atom. The van der Waals surface area contributed by atoms with Crippen molar-refractivity contribution in [3.05, 3.63) is 12.2 Å². The van der Waals surface area contributed by atoms with Gasteiger partial charge in [0.1, 0.15) is 0 Å². The van der Waals surface area contributed by atoms with E-state index in [9.17, 15) is 0 Å². The summed E-state index contributed by atoms with van der Waals surface area (Å²) in [5.41, 5.74) is 0.716. The molecule has 0 atom stereocenters. The molecule has 0 aromatic carbocycles. The maximum Gasteiger partial charge on any atom is 0.0744 e. The Bertz CT molecular complexity index is 145. The molecule has 0 aromatic heterocycles. The molecule has 2 nitrogen and oxygen atoms in total. The van der Waals surface area contributed by atoms with E-state index in [-0.39, 0.29) is 0 Å². The number of hydrogen-bond acceptors (Lipinski definition) is 2. The zero-order valence-corrected chi connectivity index (χ0v) is 5.86. The third-order valence-corrected chi connectivity index (χ3v) is 1.01. The summed E-state index contributed by atoms with van der Waals surface area (Å²) in [6, 6.07) is 0. The molecule has 0 heterocycles. The topological polar surface area (TPSA) is 47.7 Å². The minimum absolute atomic E-state index is 0.319. The summed E-state index contributed by atoms with van der Waals surface area (Å²) >= 11 is 0. The first-order valence-corrected chi connectivity index (χ1v) is 3.01. The molecule has 0 rings (SSSR count). The van der Waals surface area contributed by atoms with Crippen molar-refractivity contribution in [2.75, 3.05) is 0 Å². The minimum atomic E-state index is 0.319. The summed E-state index contributed by atoms with van der Waals surface area (Å²) in [5.74, 6) is 0.